The Balaban J connectivity index is 2.27. The summed E-state index contributed by atoms with van der Waals surface area (Å²) in [5, 5.41) is 12.1. The fourth-order valence-corrected chi connectivity index (χ4v) is 1.63. The third kappa shape index (κ3) is 4.98. The zero-order chi connectivity index (χ0) is 13.5. The smallest absolute Gasteiger partial charge is 0.187 e. The highest BCUT2D eigenvalue weighted by atomic mass is 19.1. The van der Waals surface area contributed by atoms with Gasteiger partial charge in [0.05, 0.1) is 0 Å². The number of phenols is 1. The number of nitrogens with one attached hydrogen (secondary N) is 1. The van der Waals surface area contributed by atoms with E-state index in [1.54, 1.807) is 0 Å². The largest absolute Gasteiger partial charge is 0.503 e. The standard InChI is InChI=1S/C13H20F2N2O/c1-17(2)6-4-3-5-16-9-10-7-11(14)13(18)12(15)8-10/h7-8,16,18H,3-6,9H2,1-2H3. The average molecular weight is 258 g/mol. The summed E-state index contributed by atoms with van der Waals surface area (Å²) in [4.78, 5) is 2.12. The molecule has 1 rings (SSSR count). The number of unbranched alkanes of at least 4 members (excludes halogenated alkanes) is 1. The van der Waals surface area contributed by atoms with Gasteiger partial charge < -0.3 is 15.3 Å². The maximum Gasteiger partial charge on any atom is 0.187 e. The van der Waals surface area contributed by atoms with E-state index in [9.17, 15) is 8.78 Å². The minimum Gasteiger partial charge on any atom is -0.503 e. The second-order valence-corrected chi connectivity index (χ2v) is 4.60. The maximum atomic E-state index is 13.0. The Hall–Kier alpha value is -1.20. The lowest BCUT2D eigenvalue weighted by atomic mass is 10.2. The Kier molecular flexibility index (Phi) is 6.01. The molecule has 0 saturated heterocycles. The third-order valence-electron chi connectivity index (χ3n) is 2.61. The normalized spacial score (nSPS) is 11.2. The van der Waals surface area contributed by atoms with E-state index in [1.165, 1.54) is 0 Å². The molecule has 2 N–H and O–H groups in total. The first-order valence-electron chi connectivity index (χ1n) is 6.03. The van der Waals surface area contributed by atoms with Crippen LogP contribution in [0.2, 0.25) is 0 Å². The minimum atomic E-state index is -0.917. The van der Waals surface area contributed by atoms with Gasteiger partial charge in [0.1, 0.15) is 0 Å². The first-order valence-corrected chi connectivity index (χ1v) is 6.03. The molecule has 1 aromatic carbocycles. The van der Waals surface area contributed by atoms with Gasteiger partial charge in [0.15, 0.2) is 17.4 Å². The van der Waals surface area contributed by atoms with Crippen molar-refractivity contribution >= 4 is 0 Å². The lowest BCUT2D eigenvalue weighted by molar-refractivity contribution is 0.390. The lowest BCUT2D eigenvalue weighted by Crippen LogP contribution is -2.18. The van der Waals surface area contributed by atoms with Gasteiger partial charge in [0, 0.05) is 6.54 Å². The molecule has 0 spiro atoms. The van der Waals surface area contributed by atoms with E-state index in [2.05, 4.69) is 10.2 Å². The zero-order valence-electron chi connectivity index (χ0n) is 10.8. The summed E-state index contributed by atoms with van der Waals surface area (Å²) in [7, 11) is 4.05. The molecule has 0 heterocycles. The highest BCUT2D eigenvalue weighted by molar-refractivity contribution is 5.29. The Morgan fingerprint density at radius 3 is 2.33 bits per heavy atom. The number of benzene rings is 1. The summed E-state index contributed by atoms with van der Waals surface area (Å²) < 4.78 is 26.1. The molecule has 102 valence electrons. The Morgan fingerprint density at radius 2 is 1.78 bits per heavy atom. The molecular weight excluding hydrogens is 238 g/mol. The first kappa shape index (κ1) is 14.9. The molecule has 1 aromatic rings. The predicted molar refractivity (Wildman–Crippen MR) is 67.5 cm³/mol. The summed E-state index contributed by atoms with van der Waals surface area (Å²) in [5.41, 5.74) is 0.496. The van der Waals surface area contributed by atoms with Crippen LogP contribution >= 0.6 is 0 Å². The van der Waals surface area contributed by atoms with Gasteiger partial charge >= 0.3 is 0 Å². The van der Waals surface area contributed by atoms with E-state index >= 15 is 0 Å². The molecular formula is C13H20F2N2O. The Labute approximate surface area is 106 Å². The van der Waals surface area contributed by atoms with Gasteiger partial charge in [-0.1, -0.05) is 0 Å². The number of phenolic OH excluding ortho intramolecular Hbond substituents is 1. The Bertz CT molecular complexity index is 360. The van der Waals surface area contributed by atoms with Crippen LogP contribution in [-0.2, 0) is 6.54 Å². The molecule has 3 nitrogen and oxygen atoms in total. The second-order valence-electron chi connectivity index (χ2n) is 4.60. The summed E-state index contributed by atoms with van der Waals surface area (Å²) in [6.07, 6.45) is 2.10. The van der Waals surface area contributed by atoms with Gasteiger partial charge in [0.2, 0.25) is 0 Å². The fourth-order valence-electron chi connectivity index (χ4n) is 1.63. The molecule has 0 aromatic heterocycles. The van der Waals surface area contributed by atoms with Crippen LogP contribution in [0.15, 0.2) is 12.1 Å². The molecule has 0 fully saturated rings. The second kappa shape index (κ2) is 7.28. The van der Waals surface area contributed by atoms with Crippen LogP contribution in [0.3, 0.4) is 0 Å². The van der Waals surface area contributed by atoms with Gasteiger partial charge in [0.25, 0.3) is 0 Å². The fraction of sp³-hybridized carbons (Fsp3) is 0.538. The highest BCUT2D eigenvalue weighted by Gasteiger charge is 2.08. The van der Waals surface area contributed by atoms with Crippen molar-refractivity contribution in [3.05, 3.63) is 29.3 Å². The molecule has 0 radical (unpaired) electrons. The molecule has 0 amide bonds. The van der Waals surface area contributed by atoms with Crippen LogP contribution in [0.1, 0.15) is 18.4 Å². The van der Waals surface area contributed by atoms with Crippen LogP contribution in [0.25, 0.3) is 0 Å². The van der Waals surface area contributed by atoms with Crippen molar-refractivity contribution in [3.8, 4) is 5.75 Å². The van der Waals surface area contributed by atoms with Crippen LogP contribution < -0.4 is 5.32 Å². The molecule has 0 aliphatic carbocycles. The third-order valence-corrected chi connectivity index (χ3v) is 2.61. The number of halogens is 2. The van der Waals surface area contributed by atoms with Gasteiger partial charge in [-0.3, -0.25) is 0 Å². The van der Waals surface area contributed by atoms with Crippen molar-refractivity contribution in [1.82, 2.24) is 10.2 Å². The molecule has 0 bridgehead atoms. The quantitative estimate of drug-likeness (QED) is 0.735. The monoisotopic (exact) mass is 258 g/mol. The van der Waals surface area contributed by atoms with Gasteiger partial charge in [-0.15, -0.1) is 0 Å². The van der Waals surface area contributed by atoms with E-state index in [1.807, 2.05) is 14.1 Å². The van der Waals surface area contributed by atoms with Crippen LogP contribution in [-0.4, -0.2) is 37.2 Å². The van der Waals surface area contributed by atoms with Crippen molar-refractivity contribution in [2.75, 3.05) is 27.2 Å². The molecule has 0 unspecified atom stereocenters. The summed E-state index contributed by atoms with van der Waals surface area (Å²) in [6.45, 7) is 2.23. The molecule has 0 aliphatic rings. The predicted octanol–water partition coefficient (Wildman–Crippen LogP) is 2.10. The van der Waals surface area contributed by atoms with E-state index < -0.39 is 17.4 Å². The van der Waals surface area contributed by atoms with E-state index in [4.69, 9.17) is 5.11 Å². The maximum absolute atomic E-state index is 13.0. The molecule has 5 heteroatoms. The SMILES string of the molecule is CN(C)CCCCNCc1cc(F)c(O)c(F)c1. The van der Waals surface area contributed by atoms with Gasteiger partial charge in [-0.2, -0.15) is 0 Å². The highest BCUT2D eigenvalue weighted by Crippen LogP contribution is 2.21. The topological polar surface area (TPSA) is 35.5 Å². The van der Waals surface area contributed by atoms with Crippen LogP contribution in [0.4, 0.5) is 8.78 Å². The number of nitrogens with zero attached hydrogens (tertiary/aromatic N) is 1. The number of aromatic hydroxyl groups is 1. The Morgan fingerprint density at radius 1 is 1.17 bits per heavy atom. The van der Waals surface area contributed by atoms with Gasteiger partial charge in [-0.05, 0) is 57.7 Å². The average Bonchev–Trinajstić information content (AvgIpc) is 2.30. The zero-order valence-corrected chi connectivity index (χ0v) is 10.8. The molecule has 0 saturated carbocycles. The first-order chi connectivity index (χ1) is 8.50. The van der Waals surface area contributed by atoms with Crippen molar-refractivity contribution < 1.29 is 13.9 Å². The van der Waals surface area contributed by atoms with Crippen LogP contribution in [0, 0.1) is 11.6 Å². The number of hydrogen-bond acceptors (Lipinski definition) is 3. The van der Waals surface area contributed by atoms with Crippen molar-refractivity contribution in [3.63, 3.8) is 0 Å². The van der Waals surface area contributed by atoms with Crippen molar-refractivity contribution in [2.45, 2.75) is 19.4 Å². The van der Waals surface area contributed by atoms with E-state index in [0.717, 1.165) is 38.1 Å². The summed E-state index contributed by atoms with van der Waals surface area (Å²) >= 11 is 0. The lowest BCUT2D eigenvalue weighted by Gasteiger charge is -2.09. The molecule has 0 aliphatic heterocycles. The van der Waals surface area contributed by atoms with E-state index in [-0.39, 0.29) is 0 Å². The van der Waals surface area contributed by atoms with Crippen molar-refractivity contribution in [1.29, 1.82) is 0 Å². The van der Waals surface area contributed by atoms with Crippen molar-refractivity contribution in [2.24, 2.45) is 0 Å². The van der Waals surface area contributed by atoms with Gasteiger partial charge in [-0.25, -0.2) is 8.78 Å². The summed E-state index contributed by atoms with van der Waals surface area (Å²) in [6, 6.07) is 2.29. The number of rotatable bonds is 7. The van der Waals surface area contributed by atoms with Crippen LogP contribution in [0.5, 0.6) is 5.75 Å². The molecule has 18 heavy (non-hydrogen) atoms. The minimum absolute atomic E-state index is 0.399. The number of hydrogen-bond donors (Lipinski definition) is 2. The summed E-state index contributed by atoms with van der Waals surface area (Å²) in [5.74, 6) is -2.75. The molecule has 0 atom stereocenters. The van der Waals surface area contributed by atoms with E-state index in [0.29, 0.717) is 12.1 Å².